The fourth-order valence-corrected chi connectivity index (χ4v) is 2.88. The van der Waals surface area contributed by atoms with Gasteiger partial charge in [-0.15, -0.1) is 0 Å². The number of carboxylic acid groups (broad SMARTS) is 1. The van der Waals surface area contributed by atoms with Crippen LogP contribution in [0.5, 0.6) is 0 Å². The first-order chi connectivity index (χ1) is 14.6. The number of halogens is 3. The average molecular weight is 427 g/mol. The molecule has 0 saturated heterocycles. The average Bonchev–Trinajstić information content (AvgIpc) is 2.73. The molecule has 2 aromatic carbocycles. The number of carboxylic acids is 1. The summed E-state index contributed by atoms with van der Waals surface area (Å²) in [6.45, 7) is 1.50. The Morgan fingerprint density at radius 2 is 1.61 bits per heavy atom. The molecule has 0 unspecified atom stereocenters. The van der Waals surface area contributed by atoms with E-state index in [1.54, 1.807) is 6.20 Å². The molecule has 4 rings (SSSR count). The maximum atomic E-state index is 11.1. The van der Waals surface area contributed by atoms with Crippen LogP contribution in [0.1, 0.15) is 6.92 Å². The Kier molecular flexibility index (Phi) is 6.15. The minimum Gasteiger partial charge on any atom is -0.475 e. The van der Waals surface area contributed by atoms with Gasteiger partial charge in [0.05, 0.1) is 5.52 Å². The van der Waals surface area contributed by atoms with Crippen molar-refractivity contribution in [3.63, 3.8) is 0 Å². The molecule has 0 fully saturated rings. The Labute approximate surface area is 174 Å². The number of hydrogen-bond acceptors (Lipinski definition) is 4. The number of alkyl halides is 3. The molecule has 0 aliphatic carbocycles. The number of nitrogens with zero attached hydrogens (tertiary/aromatic N) is 2. The van der Waals surface area contributed by atoms with Crippen LogP contribution in [0, 0.1) is 0 Å². The molecule has 0 saturated carbocycles. The number of fused-ring (bicyclic) bond motifs is 3. The van der Waals surface area contributed by atoms with E-state index < -0.39 is 12.1 Å². The summed E-state index contributed by atoms with van der Waals surface area (Å²) in [6, 6.07) is 16.0. The minimum atomic E-state index is -5.08. The Morgan fingerprint density at radius 3 is 2.23 bits per heavy atom. The zero-order valence-electron chi connectivity index (χ0n) is 16.1. The molecule has 6 nitrogen and oxygen atoms in total. The summed E-state index contributed by atoms with van der Waals surface area (Å²) < 4.78 is 31.7. The fraction of sp³-hybridized carbons (Fsp3) is 0.0909. The molecule has 2 heterocycles. The number of pyridine rings is 2. The minimum absolute atomic E-state index is 0.0749. The van der Waals surface area contributed by atoms with Crippen LogP contribution in [-0.2, 0) is 9.59 Å². The molecule has 158 valence electrons. The van der Waals surface area contributed by atoms with E-state index in [9.17, 15) is 18.0 Å². The molecule has 4 aromatic rings. The second-order valence-electron chi connectivity index (χ2n) is 6.51. The highest BCUT2D eigenvalue weighted by Crippen LogP contribution is 2.28. The molecule has 9 heteroatoms. The Balaban J connectivity index is 0.000000339. The van der Waals surface area contributed by atoms with Crippen LogP contribution in [0.25, 0.3) is 32.8 Å². The zero-order chi connectivity index (χ0) is 22.6. The summed E-state index contributed by atoms with van der Waals surface area (Å²) in [7, 11) is 0. The molecule has 0 radical (unpaired) electrons. The van der Waals surface area contributed by atoms with Gasteiger partial charge in [0, 0.05) is 47.5 Å². The van der Waals surface area contributed by atoms with E-state index in [0.29, 0.717) is 0 Å². The second kappa shape index (κ2) is 8.78. The SMILES string of the molecule is CC(=O)Nc1ccc(-c2cnc3ccc4ccncc4c3c2)cc1.O=C(O)C(F)(F)F. The number of hydrogen-bond donors (Lipinski definition) is 2. The van der Waals surface area contributed by atoms with Crippen LogP contribution in [0.2, 0.25) is 0 Å². The van der Waals surface area contributed by atoms with Gasteiger partial charge in [-0.05, 0) is 41.3 Å². The zero-order valence-corrected chi connectivity index (χ0v) is 16.1. The summed E-state index contributed by atoms with van der Waals surface area (Å²) in [6.07, 6.45) is 0.465. The van der Waals surface area contributed by atoms with Crippen molar-refractivity contribution in [3.05, 3.63) is 67.1 Å². The van der Waals surface area contributed by atoms with Crippen LogP contribution in [0.15, 0.2) is 67.1 Å². The Morgan fingerprint density at radius 1 is 0.935 bits per heavy atom. The van der Waals surface area contributed by atoms with Gasteiger partial charge in [0.2, 0.25) is 5.91 Å². The molecule has 0 bridgehead atoms. The van der Waals surface area contributed by atoms with Gasteiger partial charge in [-0.25, -0.2) is 4.79 Å². The molecular weight excluding hydrogens is 411 g/mol. The van der Waals surface area contributed by atoms with Crippen molar-refractivity contribution in [1.82, 2.24) is 9.97 Å². The van der Waals surface area contributed by atoms with Crippen LogP contribution in [0.3, 0.4) is 0 Å². The summed E-state index contributed by atoms with van der Waals surface area (Å²) in [4.78, 5) is 28.8. The lowest BCUT2D eigenvalue weighted by atomic mass is 10.0. The number of nitrogens with one attached hydrogen (secondary N) is 1. The molecular formula is C22H16F3N3O3. The van der Waals surface area contributed by atoms with Crippen molar-refractivity contribution in [3.8, 4) is 11.1 Å². The van der Waals surface area contributed by atoms with E-state index in [1.165, 1.54) is 6.92 Å². The standard InChI is InChI=1S/C20H15N3O.C2HF3O2/c1-13(24)23-17-5-2-14(3-6-17)16-10-18-19-12-21-9-8-15(19)4-7-20(18)22-11-16;3-2(4,5)1(6)7/h2-12H,1H3,(H,23,24);(H,6,7). The number of amides is 1. The number of benzene rings is 2. The van der Waals surface area contributed by atoms with Crippen LogP contribution in [0.4, 0.5) is 18.9 Å². The van der Waals surface area contributed by atoms with Crippen LogP contribution >= 0.6 is 0 Å². The van der Waals surface area contributed by atoms with Crippen molar-refractivity contribution in [2.75, 3.05) is 5.32 Å². The molecule has 0 atom stereocenters. The quantitative estimate of drug-likeness (QED) is 0.437. The second-order valence-corrected chi connectivity index (χ2v) is 6.51. The largest absolute Gasteiger partial charge is 0.490 e. The first-order valence-electron chi connectivity index (χ1n) is 8.96. The first kappa shape index (κ1) is 21.7. The summed E-state index contributed by atoms with van der Waals surface area (Å²) in [5.41, 5.74) is 3.83. The highest BCUT2D eigenvalue weighted by Gasteiger charge is 2.38. The molecule has 1 amide bonds. The smallest absolute Gasteiger partial charge is 0.475 e. The lowest BCUT2D eigenvalue weighted by Crippen LogP contribution is -2.21. The van der Waals surface area contributed by atoms with Crippen molar-refractivity contribution in [2.24, 2.45) is 0 Å². The summed E-state index contributed by atoms with van der Waals surface area (Å²) >= 11 is 0. The van der Waals surface area contributed by atoms with Crippen molar-refractivity contribution in [1.29, 1.82) is 0 Å². The lowest BCUT2D eigenvalue weighted by molar-refractivity contribution is -0.192. The van der Waals surface area contributed by atoms with Gasteiger partial charge in [-0.2, -0.15) is 13.2 Å². The monoisotopic (exact) mass is 427 g/mol. The predicted octanol–water partition coefficient (Wildman–Crippen LogP) is 5.04. The summed E-state index contributed by atoms with van der Waals surface area (Å²) in [5.74, 6) is -2.83. The van der Waals surface area contributed by atoms with Gasteiger partial charge in [-0.1, -0.05) is 18.2 Å². The number of carbonyl (C=O) groups excluding carboxylic acids is 1. The molecule has 2 N–H and O–H groups in total. The van der Waals surface area contributed by atoms with E-state index >= 15 is 0 Å². The molecule has 31 heavy (non-hydrogen) atoms. The van der Waals surface area contributed by atoms with Crippen molar-refractivity contribution >= 4 is 39.2 Å². The normalized spacial score (nSPS) is 11.0. The molecule has 2 aromatic heterocycles. The van der Waals surface area contributed by atoms with E-state index in [2.05, 4.69) is 27.4 Å². The highest BCUT2D eigenvalue weighted by molar-refractivity contribution is 6.06. The fourth-order valence-electron chi connectivity index (χ4n) is 2.88. The van der Waals surface area contributed by atoms with Gasteiger partial charge in [-0.3, -0.25) is 14.8 Å². The number of aromatic nitrogens is 2. The molecule has 0 aliphatic rings. The number of carbonyl (C=O) groups is 2. The molecule has 0 spiro atoms. The van der Waals surface area contributed by atoms with Gasteiger partial charge >= 0.3 is 12.1 Å². The topological polar surface area (TPSA) is 92.2 Å². The van der Waals surface area contributed by atoms with Crippen molar-refractivity contribution < 1.29 is 27.9 Å². The van der Waals surface area contributed by atoms with Crippen LogP contribution in [-0.4, -0.2) is 33.1 Å². The Bertz CT molecular complexity index is 1260. The van der Waals surface area contributed by atoms with Crippen molar-refractivity contribution in [2.45, 2.75) is 13.1 Å². The number of aliphatic carboxylic acids is 1. The number of anilines is 1. The lowest BCUT2D eigenvalue weighted by Gasteiger charge is -2.07. The third-order valence-corrected chi connectivity index (χ3v) is 4.27. The Hall–Kier alpha value is -4.01. The third kappa shape index (κ3) is 5.33. The van der Waals surface area contributed by atoms with E-state index in [-0.39, 0.29) is 5.91 Å². The summed E-state index contributed by atoms with van der Waals surface area (Å²) in [5, 5.41) is 13.2. The van der Waals surface area contributed by atoms with Gasteiger partial charge < -0.3 is 10.4 Å². The number of rotatable bonds is 2. The highest BCUT2D eigenvalue weighted by atomic mass is 19.4. The van der Waals surface area contributed by atoms with E-state index in [4.69, 9.17) is 9.90 Å². The van der Waals surface area contributed by atoms with E-state index in [0.717, 1.165) is 38.5 Å². The van der Waals surface area contributed by atoms with Crippen LogP contribution < -0.4 is 5.32 Å². The van der Waals surface area contributed by atoms with Gasteiger partial charge in [0.25, 0.3) is 0 Å². The van der Waals surface area contributed by atoms with Gasteiger partial charge in [0.15, 0.2) is 0 Å². The molecule has 0 aliphatic heterocycles. The predicted molar refractivity (Wildman–Crippen MR) is 110 cm³/mol. The maximum Gasteiger partial charge on any atom is 0.490 e. The maximum absolute atomic E-state index is 11.1. The van der Waals surface area contributed by atoms with Gasteiger partial charge in [0.1, 0.15) is 0 Å². The van der Waals surface area contributed by atoms with E-state index in [1.807, 2.05) is 48.8 Å². The first-order valence-corrected chi connectivity index (χ1v) is 8.96. The third-order valence-electron chi connectivity index (χ3n) is 4.27.